The van der Waals surface area contributed by atoms with Gasteiger partial charge in [-0.15, -0.1) is 21.5 Å². The fourth-order valence-electron chi connectivity index (χ4n) is 2.66. The van der Waals surface area contributed by atoms with E-state index in [1.54, 1.807) is 11.3 Å². The molecule has 0 radical (unpaired) electrons. The maximum Gasteiger partial charge on any atom is 0.230 e. The zero-order valence-corrected chi connectivity index (χ0v) is 14.8. The van der Waals surface area contributed by atoms with E-state index < -0.39 is 0 Å². The lowest BCUT2D eigenvalue weighted by Gasteiger charge is -2.21. The van der Waals surface area contributed by atoms with Crippen LogP contribution in [0.15, 0.2) is 22.7 Å². The molecule has 0 spiro atoms. The average Bonchev–Trinajstić information content (AvgIpc) is 3.22. The molecule has 1 amide bonds. The first-order valence-corrected chi connectivity index (χ1v) is 9.62. The van der Waals surface area contributed by atoms with Crippen molar-refractivity contribution >= 4 is 29.0 Å². The summed E-state index contributed by atoms with van der Waals surface area (Å²) in [6.07, 6.45) is 2.32. The summed E-state index contributed by atoms with van der Waals surface area (Å²) in [6.45, 7) is 2.63. The van der Waals surface area contributed by atoms with Crippen LogP contribution in [0, 0.1) is 0 Å². The van der Waals surface area contributed by atoms with Crippen molar-refractivity contribution < 1.29 is 4.79 Å². The van der Waals surface area contributed by atoms with Crippen molar-refractivity contribution in [1.82, 2.24) is 25.4 Å². The van der Waals surface area contributed by atoms with E-state index in [-0.39, 0.29) is 5.91 Å². The molecule has 3 heterocycles. The number of thioether (sulfide) groups is 1. The molecule has 124 valence electrons. The summed E-state index contributed by atoms with van der Waals surface area (Å²) in [6, 6.07) is 4.01. The maximum atomic E-state index is 11.9. The number of rotatable bonds is 6. The van der Waals surface area contributed by atoms with Crippen molar-refractivity contribution in [3.05, 3.63) is 28.2 Å². The highest BCUT2D eigenvalue weighted by molar-refractivity contribution is 7.99. The first kappa shape index (κ1) is 16.5. The van der Waals surface area contributed by atoms with Gasteiger partial charge in [0, 0.05) is 24.4 Å². The summed E-state index contributed by atoms with van der Waals surface area (Å²) in [5.41, 5.74) is 0. The minimum Gasteiger partial charge on any atom is -0.350 e. The molecule has 2 aromatic rings. The van der Waals surface area contributed by atoms with Gasteiger partial charge >= 0.3 is 0 Å². The number of hydrogen-bond donors (Lipinski definition) is 2. The second-order valence-electron chi connectivity index (χ2n) is 5.59. The molecule has 1 aliphatic heterocycles. The molecular formula is C15H21N5OS2. The Balaban J connectivity index is 1.50. The number of amides is 1. The molecule has 0 aliphatic carbocycles. The van der Waals surface area contributed by atoms with Gasteiger partial charge in [-0.05, 0) is 30.8 Å². The molecule has 0 unspecified atom stereocenters. The van der Waals surface area contributed by atoms with Gasteiger partial charge in [0.15, 0.2) is 5.16 Å². The van der Waals surface area contributed by atoms with Gasteiger partial charge in [0.1, 0.15) is 5.82 Å². The highest BCUT2D eigenvalue weighted by Crippen LogP contribution is 2.24. The fourth-order valence-corrected chi connectivity index (χ4v) is 4.05. The van der Waals surface area contributed by atoms with Crippen LogP contribution in [0.4, 0.5) is 0 Å². The Morgan fingerprint density at radius 1 is 1.57 bits per heavy atom. The minimum atomic E-state index is 0.0206. The molecular weight excluding hydrogens is 330 g/mol. The normalized spacial score (nSPS) is 18.0. The molecule has 23 heavy (non-hydrogen) atoms. The van der Waals surface area contributed by atoms with E-state index in [1.807, 2.05) is 29.1 Å². The second-order valence-corrected chi connectivity index (χ2v) is 7.56. The SMILES string of the molecule is Cn1c(SCC(=O)NCc2cccs2)nnc1[C@@H]1CCCNC1. The van der Waals surface area contributed by atoms with Crippen molar-refractivity contribution in [1.29, 1.82) is 0 Å². The van der Waals surface area contributed by atoms with E-state index in [9.17, 15) is 4.79 Å². The molecule has 1 saturated heterocycles. The summed E-state index contributed by atoms with van der Waals surface area (Å²) >= 11 is 3.08. The highest BCUT2D eigenvalue weighted by atomic mass is 32.2. The van der Waals surface area contributed by atoms with E-state index in [0.717, 1.165) is 35.4 Å². The Hall–Kier alpha value is -1.38. The first-order chi connectivity index (χ1) is 11.2. The van der Waals surface area contributed by atoms with Crippen LogP contribution >= 0.6 is 23.1 Å². The minimum absolute atomic E-state index is 0.0206. The van der Waals surface area contributed by atoms with Gasteiger partial charge in [0.2, 0.25) is 5.91 Å². The molecule has 6 nitrogen and oxygen atoms in total. The largest absolute Gasteiger partial charge is 0.350 e. The predicted octanol–water partition coefficient (Wildman–Crippen LogP) is 1.75. The summed E-state index contributed by atoms with van der Waals surface area (Å²) in [7, 11) is 1.98. The fraction of sp³-hybridized carbons (Fsp3) is 0.533. The summed E-state index contributed by atoms with van der Waals surface area (Å²) in [5.74, 6) is 1.81. The quantitative estimate of drug-likeness (QED) is 0.776. The molecule has 1 atom stereocenters. The zero-order valence-electron chi connectivity index (χ0n) is 13.1. The molecule has 3 rings (SSSR count). The van der Waals surface area contributed by atoms with E-state index in [1.165, 1.54) is 18.2 Å². The number of thiophene rings is 1. The van der Waals surface area contributed by atoms with Gasteiger partial charge in [-0.25, -0.2) is 0 Å². The molecule has 0 aromatic carbocycles. The second kappa shape index (κ2) is 7.94. The van der Waals surface area contributed by atoms with Crippen molar-refractivity contribution in [3.63, 3.8) is 0 Å². The van der Waals surface area contributed by atoms with Gasteiger partial charge in [0.25, 0.3) is 0 Å². The van der Waals surface area contributed by atoms with Crippen molar-refractivity contribution in [2.75, 3.05) is 18.8 Å². The smallest absolute Gasteiger partial charge is 0.230 e. The van der Waals surface area contributed by atoms with Gasteiger partial charge in [0.05, 0.1) is 12.3 Å². The maximum absolute atomic E-state index is 11.9. The number of hydrogen-bond acceptors (Lipinski definition) is 6. The molecule has 1 aliphatic rings. The molecule has 0 saturated carbocycles. The van der Waals surface area contributed by atoms with Gasteiger partial charge in [-0.2, -0.15) is 0 Å². The van der Waals surface area contributed by atoms with E-state index in [4.69, 9.17) is 0 Å². The molecule has 1 fully saturated rings. The summed E-state index contributed by atoms with van der Waals surface area (Å²) < 4.78 is 2.02. The number of carbonyl (C=O) groups excluding carboxylic acids is 1. The average molecular weight is 352 g/mol. The Kier molecular flexibility index (Phi) is 5.69. The number of nitrogens with one attached hydrogen (secondary N) is 2. The summed E-state index contributed by atoms with van der Waals surface area (Å²) in [5, 5.41) is 17.7. The first-order valence-electron chi connectivity index (χ1n) is 7.76. The third-order valence-electron chi connectivity index (χ3n) is 3.90. The number of aromatic nitrogens is 3. The van der Waals surface area contributed by atoms with E-state index in [0.29, 0.717) is 18.2 Å². The van der Waals surface area contributed by atoms with Gasteiger partial charge in [-0.3, -0.25) is 4.79 Å². The van der Waals surface area contributed by atoms with Crippen LogP contribution in [0.2, 0.25) is 0 Å². The lowest BCUT2D eigenvalue weighted by atomic mass is 9.99. The zero-order chi connectivity index (χ0) is 16.1. The monoisotopic (exact) mass is 351 g/mol. The number of piperidine rings is 1. The van der Waals surface area contributed by atoms with Crippen LogP contribution in [-0.4, -0.2) is 39.5 Å². The predicted molar refractivity (Wildman–Crippen MR) is 92.7 cm³/mol. The van der Waals surface area contributed by atoms with E-state index in [2.05, 4.69) is 20.8 Å². The Labute approximate surface area is 144 Å². The Bertz CT molecular complexity index is 634. The Morgan fingerprint density at radius 3 is 3.22 bits per heavy atom. The Morgan fingerprint density at radius 2 is 2.48 bits per heavy atom. The van der Waals surface area contributed by atoms with Gasteiger partial charge < -0.3 is 15.2 Å². The molecule has 0 bridgehead atoms. The molecule has 2 aromatic heterocycles. The van der Waals surface area contributed by atoms with Crippen LogP contribution in [0.5, 0.6) is 0 Å². The van der Waals surface area contributed by atoms with Crippen LogP contribution in [0.1, 0.15) is 29.5 Å². The van der Waals surface area contributed by atoms with Crippen molar-refractivity contribution in [2.45, 2.75) is 30.5 Å². The third-order valence-corrected chi connectivity index (χ3v) is 5.80. The lowest BCUT2D eigenvalue weighted by molar-refractivity contribution is -0.118. The lowest BCUT2D eigenvalue weighted by Crippen LogP contribution is -2.29. The standard InChI is InChI=1S/C15H21N5OS2/c1-20-14(11-4-2-6-16-8-11)18-19-15(20)23-10-13(21)17-9-12-5-3-7-22-12/h3,5,7,11,16H,2,4,6,8-10H2,1H3,(H,17,21)/t11-/m1/s1. The third kappa shape index (κ3) is 4.33. The van der Waals surface area contributed by atoms with Crippen LogP contribution in [0.25, 0.3) is 0 Å². The van der Waals surface area contributed by atoms with Crippen molar-refractivity contribution in [2.24, 2.45) is 7.05 Å². The van der Waals surface area contributed by atoms with Crippen LogP contribution in [0.3, 0.4) is 0 Å². The molecule has 8 heteroatoms. The van der Waals surface area contributed by atoms with Gasteiger partial charge in [-0.1, -0.05) is 17.8 Å². The number of carbonyl (C=O) groups is 1. The molecule has 2 N–H and O–H groups in total. The summed E-state index contributed by atoms with van der Waals surface area (Å²) in [4.78, 5) is 13.1. The van der Waals surface area contributed by atoms with Crippen LogP contribution in [-0.2, 0) is 18.4 Å². The highest BCUT2D eigenvalue weighted by Gasteiger charge is 2.21. The van der Waals surface area contributed by atoms with E-state index >= 15 is 0 Å². The topological polar surface area (TPSA) is 71.8 Å². The number of nitrogens with zero attached hydrogens (tertiary/aromatic N) is 3. The van der Waals surface area contributed by atoms with Crippen molar-refractivity contribution in [3.8, 4) is 0 Å². The van der Waals surface area contributed by atoms with Crippen LogP contribution < -0.4 is 10.6 Å².